The Balaban J connectivity index is 1.88. The normalized spacial score (nSPS) is 15.8. The molecule has 0 aromatic carbocycles. The summed E-state index contributed by atoms with van der Waals surface area (Å²) in [5.74, 6) is -2.94. The monoisotopic (exact) mass is 694 g/mol. The van der Waals surface area contributed by atoms with Crippen LogP contribution in [0.25, 0.3) is 33.2 Å². The second-order valence-electron chi connectivity index (χ2n) is 14.0. The maximum absolute atomic E-state index is 13.7. The van der Waals surface area contributed by atoms with Crippen LogP contribution in [0.5, 0.6) is 0 Å². The van der Waals surface area contributed by atoms with Gasteiger partial charge in [0.25, 0.3) is 0 Å². The minimum absolute atomic E-state index is 0.0608. The van der Waals surface area contributed by atoms with Gasteiger partial charge in [-0.25, -0.2) is 9.78 Å². The summed E-state index contributed by atoms with van der Waals surface area (Å²) in [4.78, 5) is 57.8. The summed E-state index contributed by atoms with van der Waals surface area (Å²) in [6.07, 6.45) is 4.28. The Morgan fingerprint density at radius 3 is 2.33 bits per heavy atom. The minimum atomic E-state index is -1.13. The lowest BCUT2D eigenvalue weighted by molar-refractivity contribution is -0.137. The summed E-state index contributed by atoms with van der Waals surface area (Å²) in [7, 11) is 4.01. The maximum Gasteiger partial charge on any atom is 0.338 e. The van der Waals surface area contributed by atoms with Crippen LogP contribution in [-0.2, 0) is 22.4 Å². The van der Waals surface area contributed by atoms with E-state index in [0.717, 1.165) is 70.5 Å². The van der Waals surface area contributed by atoms with Crippen molar-refractivity contribution in [1.29, 1.82) is 0 Å². The van der Waals surface area contributed by atoms with E-state index in [0.29, 0.717) is 40.1 Å². The van der Waals surface area contributed by atoms with Gasteiger partial charge in [0.1, 0.15) is 0 Å². The number of nitrogens with one attached hydrogen (secondary N) is 3. The van der Waals surface area contributed by atoms with Crippen LogP contribution in [0.4, 0.5) is 0 Å². The number of aromatic carboxylic acids is 1. The molecule has 0 spiro atoms. The van der Waals surface area contributed by atoms with Crippen LogP contribution in [0.15, 0.2) is 30.9 Å². The van der Waals surface area contributed by atoms with E-state index in [9.17, 15) is 24.6 Å². The Kier molecular flexibility index (Phi) is 11.3. The first-order valence-corrected chi connectivity index (χ1v) is 17.7. The number of aromatic nitrogens is 4. The van der Waals surface area contributed by atoms with Crippen molar-refractivity contribution in [2.45, 2.75) is 85.0 Å². The third kappa shape index (κ3) is 7.68. The first-order valence-electron chi connectivity index (χ1n) is 17.7. The van der Waals surface area contributed by atoms with Crippen LogP contribution in [0.3, 0.4) is 0 Å². The molecule has 3 aromatic heterocycles. The van der Waals surface area contributed by atoms with Crippen molar-refractivity contribution in [1.82, 2.24) is 30.2 Å². The molecule has 51 heavy (non-hydrogen) atoms. The fraction of sp³-hybridized carbons (Fsp3) is 0.425. The molecule has 0 saturated carbocycles. The van der Waals surface area contributed by atoms with Gasteiger partial charge in [0.15, 0.2) is 0 Å². The highest BCUT2D eigenvalue weighted by Crippen LogP contribution is 2.43. The van der Waals surface area contributed by atoms with E-state index >= 15 is 0 Å². The molecule has 11 nitrogen and oxygen atoms in total. The van der Waals surface area contributed by atoms with Crippen LogP contribution in [0.2, 0.25) is 0 Å². The number of unbranched alkanes of at least 4 members (excludes halogenated alkanes) is 1. The largest absolute Gasteiger partial charge is 0.481 e. The fourth-order valence-electron chi connectivity index (χ4n) is 7.38. The number of H-pyrrole nitrogens is 2. The van der Waals surface area contributed by atoms with Crippen molar-refractivity contribution >= 4 is 51.1 Å². The third-order valence-electron chi connectivity index (χ3n) is 10.3. The molecule has 2 aliphatic heterocycles. The molecule has 5 N–H and O–H groups in total. The van der Waals surface area contributed by atoms with Gasteiger partial charge in [0.2, 0.25) is 5.91 Å². The number of carboxylic acids is 2. The van der Waals surface area contributed by atoms with E-state index in [4.69, 9.17) is 9.97 Å². The summed E-state index contributed by atoms with van der Waals surface area (Å²) in [5, 5.41) is 23.4. The second kappa shape index (κ2) is 15.5. The van der Waals surface area contributed by atoms with Gasteiger partial charge in [-0.1, -0.05) is 26.5 Å². The molecule has 0 fully saturated rings. The van der Waals surface area contributed by atoms with Crippen LogP contribution >= 0.6 is 0 Å². The van der Waals surface area contributed by atoms with Crippen molar-refractivity contribution in [2.24, 2.45) is 0 Å². The van der Waals surface area contributed by atoms with Gasteiger partial charge in [0, 0.05) is 58.2 Å². The molecule has 11 heteroatoms. The molecule has 0 saturated heterocycles. The lowest BCUT2D eigenvalue weighted by Crippen LogP contribution is -2.27. The zero-order chi connectivity index (χ0) is 37.1. The molecule has 0 radical (unpaired) electrons. The van der Waals surface area contributed by atoms with Crippen LogP contribution in [0, 0.1) is 13.8 Å². The van der Waals surface area contributed by atoms with E-state index < -0.39 is 11.9 Å². The standard InChI is InChI=1S/C40H50N6O5/c1-9-25-21(3)29-18-31-23(5)27(13-14-36(48)49)38(44-31)28(17-35(47)41-15-11-12-16-46(7)8)39-37(40(50)51)24(6)32(45-39)20-34-26(10-2)22(4)30(43-34)19-33(25)42-29/h9,18-20,23,27,43,45H,1,10-17H2,2-8H3,(H,41,47)(H,48,49)(H,50,51)/t23-,27-/m0/s1. The molecule has 2 aliphatic rings. The van der Waals surface area contributed by atoms with Crippen molar-refractivity contribution in [3.63, 3.8) is 0 Å². The van der Waals surface area contributed by atoms with Crippen LogP contribution in [-0.4, -0.2) is 80.1 Å². The van der Waals surface area contributed by atoms with Gasteiger partial charge >= 0.3 is 11.9 Å². The smallest absolute Gasteiger partial charge is 0.338 e. The van der Waals surface area contributed by atoms with Gasteiger partial charge in [-0.3, -0.25) is 14.6 Å². The Morgan fingerprint density at radius 1 is 0.961 bits per heavy atom. The van der Waals surface area contributed by atoms with Gasteiger partial charge < -0.3 is 30.4 Å². The number of aromatic amines is 2. The second-order valence-corrected chi connectivity index (χ2v) is 14.0. The average molecular weight is 695 g/mol. The van der Waals surface area contributed by atoms with E-state index in [1.54, 1.807) is 13.0 Å². The lowest BCUT2D eigenvalue weighted by Gasteiger charge is -2.17. The summed E-state index contributed by atoms with van der Waals surface area (Å²) in [5.41, 5.74) is 10.4. The number of aliphatic carboxylic acids is 1. The molecular weight excluding hydrogens is 644 g/mol. The number of rotatable bonds is 13. The molecule has 270 valence electrons. The quantitative estimate of drug-likeness (QED) is 0.119. The van der Waals surface area contributed by atoms with E-state index in [1.807, 2.05) is 46.1 Å². The zero-order valence-electron chi connectivity index (χ0n) is 30.8. The van der Waals surface area contributed by atoms with Gasteiger partial charge in [-0.05, 0) is 108 Å². The highest BCUT2D eigenvalue weighted by atomic mass is 16.4. The number of hydrogen-bond donors (Lipinski definition) is 5. The van der Waals surface area contributed by atoms with Gasteiger partial charge in [0.05, 0.1) is 34.6 Å². The molecule has 0 aliphatic carbocycles. The Morgan fingerprint density at radius 2 is 1.69 bits per heavy atom. The molecule has 2 atom stereocenters. The molecular formula is C40H50N6O5. The van der Waals surface area contributed by atoms with Crippen molar-refractivity contribution < 1.29 is 24.6 Å². The van der Waals surface area contributed by atoms with Gasteiger partial charge in [-0.15, -0.1) is 0 Å². The van der Waals surface area contributed by atoms with Crippen LogP contribution in [0.1, 0.15) is 114 Å². The Bertz CT molecular complexity index is 2090. The molecule has 1 amide bonds. The predicted octanol–water partition coefficient (Wildman–Crippen LogP) is 7.06. The fourth-order valence-corrected chi connectivity index (χ4v) is 7.38. The molecule has 5 rings (SSSR count). The SMILES string of the molecule is C=CC1=C(C)c2cc3nc(c(CC(=O)NCCCCN(C)C)c4[nH]c(cc5[nH]c(cc1n2)c(C)c5CC)c(C)c4C(=O)O)[C@@H](CCC(=O)O)[C@@H]3C. The first kappa shape index (κ1) is 37.2. The van der Waals surface area contributed by atoms with Crippen molar-refractivity contribution in [3.8, 4) is 0 Å². The Labute approximate surface area is 298 Å². The number of carboxylic acid groups (broad SMARTS) is 2. The van der Waals surface area contributed by atoms with Crippen molar-refractivity contribution in [2.75, 3.05) is 27.2 Å². The first-order chi connectivity index (χ1) is 24.2. The minimum Gasteiger partial charge on any atom is -0.481 e. The molecule has 8 bridgehead atoms. The maximum atomic E-state index is 13.7. The summed E-state index contributed by atoms with van der Waals surface area (Å²) in [6, 6.07) is 5.88. The predicted molar refractivity (Wildman–Crippen MR) is 202 cm³/mol. The van der Waals surface area contributed by atoms with E-state index in [-0.39, 0.29) is 42.6 Å². The number of fused-ring (bicyclic) bond motifs is 8. The molecule has 5 heterocycles. The number of nitrogens with zero attached hydrogens (tertiary/aromatic N) is 3. The highest BCUT2D eigenvalue weighted by molar-refractivity contribution is 6.03. The number of hydrogen-bond acceptors (Lipinski definition) is 6. The van der Waals surface area contributed by atoms with E-state index in [2.05, 4.69) is 40.6 Å². The highest BCUT2D eigenvalue weighted by Gasteiger charge is 2.34. The molecule has 3 aromatic rings. The average Bonchev–Trinajstić information content (AvgIpc) is 3.75. The topological polar surface area (TPSA) is 164 Å². The summed E-state index contributed by atoms with van der Waals surface area (Å²) < 4.78 is 0. The Hall–Kier alpha value is -5.03. The van der Waals surface area contributed by atoms with Gasteiger partial charge in [-0.2, -0.15) is 0 Å². The lowest BCUT2D eigenvalue weighted by atomic mass is 9.85. The van der Waals surface area contributed by atoms with E-state index in [1.165, 1.54) is 0 Å². The molecule has 0 unspecified atom stereocenters. The number of aryl methyl sites for hydroxylation is 3. The number of carbonyl (C=O) groups excluding carboxylic acids is 1. The number of carbonyl (C=O) groups is 3. The van der Waals surface area contributed by atoms with Crippen LogP contribution < -0.4 is 5.32 Å². The summed E-state index contributed by atoms with van der Waals surface area (Å²) >= 11 is 0. The number of amides is 1. The zero-order valence-corrected chi connectivity index (χ0v) is 30.8. The van der Waals surface area contributed by atoms with Crippen molar-refractivity contribution in [3.05, 3.63) is 81.4 Å². The third-order valence-corrected chi connectivity index (χ3v) is 10.3. The summed E-state index contributed by atoms with van der Waals surface area (Å²) in [6.45, 7) is 15.4. The number of allylic oxidation sites excluding steroid dienone is 3.